The van der Waals surface area contributed by atoms with Gasteiger partial charge in [0.05, 0.1) is 19.2 Å². The number of hydrogen-bond acceptors (Lipinski definition) is 4. The van der Waals surface area contributed by atoms with Crippen molar-refractivity contribution in [2.45, 2.75) is 26.3 Å². The lowest BCUT2D eigenvalue weighted by Gasteiger charge is -2.33. The Morgan fingerprint density at radius 1 is 1.07 bits per heavy atom. The SMILES string of the molecule is COc1ccccc1C1=C(N2CCCC(C)C2)C(=O)N(Cc2ccc(Cl)cc2)C1=O. The Labute approximate surface area is 181 Å². The maximum Gasteiger partial charge on any atom is 0.278 e. The number of likely N-dealkylation sites (tertiary alicyclic amines) is 1. The lowest BCUT2D eigenvalue weighted by Crippen LogP contribution is -2.39. The average molecular weight is 425 g/mol. The summed E-state index contributed by atoms with van der Waals surface area (Å²) >= 11 is 5.98. The number of rotatable bonds is 5. The van der Waals surface area contributed by atoms with Crippen molar-refractivity contribution < 1.29 is 14.3 Å². The van der Waals surface area contributed by atoms with E-state index in [0.717, 1.165) is 31.5 Å². The molecule has 0 spiro atoms. The number of para-hydroxylation sites is 1. The van der Waals surface area contributed by atoms with Crippen molar-refractivity contribution in [3.63, 3.8) is 0 Å². The zero-order valence-corrected chi connectivity index (χ0v) is 18.0. The maximum absolute atomic E-state index is 13.5. The molecule has 1 atom stereocenters. The van der Waals surface area contributed by atoms with Gasteiger partial charge in [0.2, 0.25) is 0 Å². The molecular weight excluding hydrogens is 400 g/mol. The quantitative estimate of drug-likeness (QED) is 0.669. The third-order valence-electron chi connectivity index (χ3n) is 5.75. The molecule has 5 nitrogen and oxygen atoms in total. The number of amides is 2. The van der Waals surface area contributed by atoms with Crippen LogP contribution in [0.1, 0.15) is 30.9 Å². The molecule has 2 heterocycles. The second-order valence-corrected chi connectivity index (χ2v) is 8.38. The summed E-state index contributed by atoms with van der Waals surface area (Å²) in [6.45, 7) is 3.93. The standard InChI is InChI=1S/C24H25ClN2O3/c1-16-6-5-13-26(14-16)22-21(19-7-3-4-8-20(19)30-2)23(28)27(24(22)29)15-17-9-11-18(25)12-10-17/h3-4,7-12,16H,5-6,13-15H2,1-2H3. The van der Waals surface area contributed by atoms with Crippen LogP contribution < -0.4 is 4.74 Å². The van der Waals surface area contributed by atoms with Crippen molar-refractivity contribution in [3.8, 4) is 5.75 Å². The van der Waals surface area contributed by atoms with Crippen LogP contribution in [0.3, 0.4) is 0 Å². The molecule has 0 aromatic heterocycles. The Balaban J connectivity index is 1.77. The molecule has 2 aliphatic heterocycles. The van der Waals surface area contributed by atoms with Gasteiger partial charge < -0.3 is 9.64 Å². The molecule has 4 rings (SSSR count). The molecule has 2 aromatic carbocycles. The summed E-state index contributed by atoms with van der Waals surface area (Å²) in [4.78, 5) is 30.5. The summed E-state index contributed by atoms with van der Waals surface area (Å²) in [6.07, 6.45) is 2.13. The minimum atomic E-state index is -0.285. The van der Waals surface area contributed by atoms with Crippen molar-refractivity contribution >= 4 is 29.0 Å². The van der Waals surface area contributed by atoms with Crippen LogP contribution in [0, 0.1) is 5.92 Å². The van der Waals surface area contributed by atoms with E-state index in [1.807, 2.05) is 36.4 Å². The zero-order chi connectivity index (χ0) is 21.3. The highest BCUT2D eigenvalue weighted by Crippen LogP contribution is 2.38. The summed E-state index contributed by atoms with van der Waals surface area (Å²) in [6, 6.07) is 14.6. The molecular formula is C24H25ClN2O3. The summed E-state index contributed by atoms with van der Waals surface area (Å²) in [7, 11) is 1.58. The van der Waals surface area contributed by atoms with Gasteiger partial charge in [0, 0.05) is 23.7 Å². The average Bonchev–Trinajstić information content (AvgIpc) is 2.99. The number of nitrogens with zero attached hydrogens (tertiary/aromatic N) is 2. The van der Waals surface area contributed by atoms with Crippen LogP contribution in [0.2, 0.25) is 5.02 Å². The number of piperidine rings is 1. The minimum absolute atomic E-state index is 0.209. The fourth-order valence-electron chi connectivity index (χ4n) is 4.26. The Bertz CT molecular complexity index is 1000. The molecule has 2 aliphatic rings. The van der Waals surface area contributed by atoms with E-state index in [2.05, 4.69) is 11.8 Å². The fraction of sp³-hybridized carbons (Fsp3) is 0.333. The molecule has 0 saturated carbocycles. The van der Waals surface area contributed by atoms with Gasteiger partial charge in [-0.25, -0.2) is 0 Å². The van der Waals surface area contributed by atoms with E-state index in [1.165, 1.54) is 4.90 Å². The number of methoxy groups -OCH3 is 1. The van der Waals surface area contributed by atoms with E-state index in [9.17, 15) is 9.59 Å². The Morgan fingerprint density at radius 2 is 1.80 bits per heavy atom. The number of benzene rings is 2. The van der Waals surface area contributed by atoms with Gasteiger partial charge in [-0.3, -0.25) is 14.5 Å². The van der Waals surface area contributed by atoms with Gasteiger partial charge in [-0.2, -0.15) is 0 Å². The van der Waals surface area contributed by atoms with Crippen molar-refractivity contribution in [1.82, 2.24) is 9.80 Å². The molecule has 30 heavy (non-hydrogen) atoms. The third kappa shape index (κ3) is 3.82. The molecule has 0 bridgehead atoms. The van der Waals surface area contributed by atoms with Gasteiger partial charge in [0.1, 0.15) is 11.4 Å². The topological polar surface area (TPSA) is 49.9 Å². The molecule has 2 aromatic rings. The van der Waals surface area contributed by atoms with E-state index in [4.69, 9.17) is 16.3 Å². The highest BCUT2D eigenvalue weighted by atomic mass is 35.5. The Morgan fingerprint density at radius 3 is 2.50 bits per heavy atom. The van der Waals surface area contributed by atoms with Crippen LogP contribution in [-0.2, 0) is 16.1 Å². The highest BCUT2D eigenvalue weighted by Gasteiger charge is 2.43. The number of carbonyl (C=O) groups excluding carboxylic acids is 2. The molecule has 6 heteroatoms. The van der Waals surface area contributed by atoms with E-state index in [1.54, 1.807) is 19.2 Å². The van der Waals surface area contributed by atoms with Gasteiger partial charge in [-0.05, 0) is 42.5 Å². The third-order valence-corrected chi connectivity index (χ3v) is 6.00. The molecule has 1 fully saturated rings. The molecule has 0 aliphatic carbocycles. The summed E-state index contributed by atoms with van der Waals surface area (Å²) in [5.74, 6) is 0.528. The van der Waals surface area contributed by atoms with Crippen molar-refractivity contribution in [2.24, 2.45) is 5.92 Å². The monoisotopic (exact) mass is 424 g/mol. The maximum atomic E-state index is 13.5. The molecule has 2 amide bonds. The smallest absolute Gasteiger partial charge is 0.278 e. The fourth-order valence-corrected chi connectivity index (χ4v) is 4.39. The second-order valence-electron chi connectivity index (χ2n) is 7.94. The van der Waals surface area contributed by atoms with E-state index >= 15 is 0 Å². The number of ether oxygens (including phenoxy) is 1. The van der Waals surface area contributed by atoms with Gasteiger partial charge >= 0.3 is 0 Å². The van der Waals surface area contributed by atoms with Gasteiger partial charge in [0.25, 0.3) is 11.8 Å². The summed E-state index contributed by atoms with van der Waals surface area (Å²) < 4.78 is 5.52. The predicted molar refractivity (Wildman–Crippen MR) is 117 cm³/mol. The first-order valence-electron chi connectivity index (χ1n) is 10.2. The zero-order valence-electron chi connectivity index (χ0n) is 17.2. The Hall–Kier alpha value is -2.79. The molecule has 1 saturated heterocycles. The van der Waals surface area contributed by atoms with Crippen LogP contribution in [0.25, 0.3) is 5.57 Å². The lowest BCUT2D eigenvalue weighted by molar-refractivity contribution is -0.138. The van der Waals surface area contributed by atoms with Crippen LogP contribution in [-0.4, -0.2) is 41.8 Å². The van der Waals surface area contributed by atoms with Crippen LogP contribution in [0.15, 0.2) is 54.2 Å². The molecule has 0 radical (unpaired) electrons. The predicted octanol–water partition coefficient (Wildman–Crippen LogP) is 4.36. The van der Waals surface area contributed by atoms with Crippen LogP contribution in [0.4, 0.5) is 0 Å². The van der Waals surface area contributed by atoms with Gasteiger partial charge in [0.15, 0.2) is 0 Å². The van der Waals surface area contributed by atoms with Crippen molar-refractivity contribution in [3.05, 3.63) is 70.4 Å². The number of hydrogen-bond donors (Lipinski definition) is 0. The van der Waals surface area contributed by atoms with E-state index < -0.39 is 0 Å². The normalized spacial score (nSPS) is 19.6. The van der Waals surface area contributed by atoms with E-state index in [-0.39, 0.29) is 18.4 Å². The number of carbonyl (C=O) groups is 2. The first-order valence-corrected chi connectivity index (χ1v) is 10.6. The van der Waals surface area contributed by atoms with Crippen LogP contribution >= 0.6 is 11.6 Å². The first kappa shape index (κ1) is 20.5. The molecule has 0 N–H and O–H groups in total. The highest BCUT2D eigenvalue weighted by molar-refractivity contribution is 6.36. The molecule has 1 unspecified atom stereocenters. The minimum Gasteiger partial charge on any atom is -0.496 e. The van der Waals surface area contributed by atoms with Crippen LogP contribution in [0.5, 0.6) is 5.75 Å². The Kier molecular flexibility index (Phi) is 5.82. The lowest BCUT2D eigenvalue weighted by atomic mass is 9.97. The second kappa shape index (κ2) is 8.52. The largest absolute Gasteiger partial charge is 0.496 e. The number of halogens is 1. The van der Waals surface area contributed by atoms with Crippen molar-refractivity contribution in [2.75, 3.05) is 20.2 Å². The van der Waals surface area contributed by atoms with E-state index in [0.29, 0.717) is 33.5 Å². The summed E-state index contributed by atoms with van der Waals surface area (Å²) in [5, 5.41) is 0.619. The van der Waals surface area contributed by atoms with Gasteiger partial charge in [-0.15, -0.1) is 0 Å². The van der Waals surface area contributed by atoms with Crippen molar-refractivity contribution in [1.29, 1.82) is 0 Å². The first-order chi connectivity index (χ1) is 14.5. The molecule has 156 valence electrons. The summed E-state index contributed by atoms with van der Waals surface area (Å²) in [5.41, 5.74) is 2.43. The number of imide groups is 1. The van der Waals surface area contributed by atoms with Gasteiger partial charge in [-0.1, -0.05) is 48.9 Å².